The molecule has 0 spiro atoms. The summed E-state index contributed by atoms with van der Waals surface area (Å²) in [6.07, 6.45) is 1.63. The highest BCUT2D eigenvalue weighted by atomic mass is 35.5. The van der Waals surface area contributed by atoms with Gasteiger partial charge in [-0.15, -0.1) is 0 Å². The summed E-state index contributed by atoms with van der Waals surface area (Å²) in [6, 6.07) is 12.0. The Hall–Kier alpha value is -3.56. The first-order valence-electron chi connectivity index (χ1n) is 9.41. The topological polar surface area (TPSA) is 104 Å². The first-order chi connectivity index (χ1) is 15.3. The number of nitro benzene ring substituents is 1. The molecular formula is C22H16ClN3O5S. The number of allylic oxidation sites excluding steroid dienone is 1. The van der Waals surface area contributed by atoms with Crippen molar-refractivity contribution in [2.24, 2.45) is 4.99 Å². The second kappa shape index (κ2) is 8.52. The zero-order valence-corrected chi connectivity index (χ0v) is 18.5. The van der Waals surface area contributed by atoms with E-state index in [1.807, 2.05) is 0 Å². The monoisotopic (exact) mass is 469 g/mol. The van der Waals surface area contributed by atoms with Crippen LogP contribution in [0.25, 0.3) is 6.08 Å². The molecule has 8 nitrogen and oxygen atoms in total. The Labute approximate surface area is 190 Å². The number of hydrogen-bond donors (Lipinski definition) is 0. The van der Waals surface area contributed by atoms with E-state index in [4.69, 9.17) is 16.3 Å². The van der Waals surface area contributed by atoms with Crippen LogP contribution in [0.4, 0.5) is 5.69 Å². The number of methoxy groups -OCH3 is 1. The van der Waals surface area contributed by atoms with Crippen molar-refractivity contribution in [2.75, 3.05) is 7.11 Å². The van der Waals surface area contributed by atoms with Crippen LogP contribution in [-0.2, 0) is 9.53 Å². The third kappa shape index (κ3) is 3.76. The van der Waals surface area contributed by atoms with E-state index in [1.54, 1.807) is 49.4 Å². The van der Waals surface area contributed by atoms with Crippen LogP contribution < -0.4 is 14.9 Å². The Morgan fingerprint density at radius 2 is 1.94 bits per heavy atom. The van der Waals surface area contributed by atoms with Crippen LogP contribution in [0.2, 0.25) is 5.02 Å². The molecule has 1 aliphatic heterocycles. The van der Waals surface area contributed by atoms with Gasteiger partial charge in [0.25, 0.3) is 11.2 Å². The number of carbonyl (C=O) groups is 1. The maximum atomic E-state index is 13.4. The van der Waals surface area contributed by atoms with E-state index in [0.29, 0.717) is 31.2 Å². The van der Waals surface area contributed by atoms with Crippen molar-refractivity contribution < 1.29 is 14.5 Å². The molecule has 0 amide bonds. The lowest BCUT2D eigenvalue weighted by Crippen LogP contribution is -2.39. The van der Waals surface area contributed by atoms with Crippen molar-refractivity contribution in [3.05, 3.63) is 106 Å². The van der Waals surface area contributed by atoms with Crippen LogP contribution in [0.15, 0.2) is 69.6 Å². The molecule has 1 aliphatic rings. The fourth-order valence-corrected chi connectivity index (χ4v) is 4.81. The lowest BCUT2D eigenvalue weighted by Gasteiger charge is -2.25. The molecule has 1 atom stereocenters. The molecule has 162 valence electrons. The minimum absolute atomic E-state index is 0.0410. The summed E-state index contributed by atoms with van der Waals surface area (Å²) in [7, 11) is 1.27. The van der Waals surface area contributed by atoms with Crippen LogP contribution >= 0.6 is 22.9 Å². The summed E-state index contributed by atoms with van der Waals surface area (Å²) in [4.78, 5) is 41.3. The number of nitrogens with zero attached hydrogens (tertiary/aromatic N) is 3. The highest BCUT2D eigenvalue weighted by molar-refractivity contribution is 7.07. The van der Waals surface area contributed by atoms with E-state index >= 15 is 0 Å². The summed E-state index contributed by atoms with van der Waals surface area (Å²) < 4.78 is 6.77. The van der Waals surface area contributed by atoms with Crippen LogP contribution in [0, 0.1) is 10.1 Å². The number of non-ortho nitro benzene ring substituents is 1. The van der Waals surface area contributed by atoms with Gasteiger partial charge in [-0.25, -0.2) is 9.79 Å². The van der Waals surface area contributed by atoms with E-state index < -0.39 is 16.9 Å². The Morgan fingerprint density at radius 3 is 2.56 bits per heavy atom. The minimum atomic E-state index is -0.800. The highest BCUT2D eigenvalue weighted by Gasteiger charge is 2.34. The molecule has 1 aromatic heterocycles. The Morgan fingerprint density at radius 1 is 1.25 bits per heavy atom. The zero-order valence-electron chi connectivity index (χ0n) is 16.9. The van der Waals surface area contributed by atoms with Gasteiger partial charge in [0.15, 0.2) is 4.80 Å². The molecular weight excluding hydrogens is 454 g/mol. The lowest BCUT2D eigenvalue weighted by atomic mass is 9.96. The summed E-state index contributed by atoms with van der Waals surface area (Å²) in [5.74, 6) is -0.596. The molecule has 2 aromatic carbocycles. The number of rotatable bonds is 4. The molecule has 0 bridgehead atoms. The molecule has 3 aromatic rings. The third-order valence-corrected chi connectivity index (χ3v) is 6.36. The highest BCUT2D eigenvalue weighted by Crippen LogP contribution is 2.34. The van der Waals surface area contributed by atoms with Gasteiger partial charge in [-0.05, 0) is 42.3 Å². The van der Waals surface area contributed by atoms with Crippen molar-refractivity contribution in [1.82, 2.24) is 4.57 Å². The average molecular weight is 470 g/mol. The van der Waals surface area contributed by atoms with E-state index in [2.05, 4.69) is 4.99 Å². The molecule has 2 heterocycles. The number of carbonyl (C=O) groups excluding carboxylic acids is 1. The first kappa shape index (κ1) is 21.7. The van der Waals surface area contributed by atoms with Gasteiger partial charge in [-0.1, -0.05) is 41.1 Å². The van der Waals surface area contributed by atoms with Crippen LogP contribution in [0.1, 0.15) is 24.1 Å². The number of fused-ring (bicyclic) bond motifs is 1. The Balaban J connectivity index is 1.94. The normalized spacial score (nSPS) is 15.8. The second-order valence-corrected chi connectivity index (χ2v) is 8.36. The second-order valence-electron chi connectivity index (χ2n) is 6.94. The minimum Gasteiger partial charge on any atom is -0.466 e. The largest absolute Gasteiger partial charge is 0.466 e. The van der Waals surface area contributed by atoms with Gasteiger partial charge in [0.1, 0.15) is 6.04 Å². The Kier molecular flexibility index (Phi) is 5.77. The summed E-state index contributed by atoms with van der Waals surface area (Å²) in [6.45, 7) is 1.68. The van der Waals surface area contributed by atoms with Gasteiger partial charge < -0.3 is 4.74 Å². The lowest BCUT2D eigenvalue weighted by molar-refractivity contribution is -0.384. The van der Waals surface area contributed by atoms with Gasteiger partial charge >= 0.3 is 5.97 Å². The summed E-state index contributed by atoms with van der Waals surface area (Å²) >= 11 is 7.60. The predicted octanol–water partition coefficient (Wildman–Crippen LogP) is 2.97. The van der Waals surface area contributed by atoms with Gasteiger partial charge in [0.2, 0.25) is 0 Å². The molecule has 0 saturated carbocycles. The van der Waals surface area contributed by atoms with Crippen LogP contribution in [-0.4, -0.2) is 22.6 Å². The first-order valence-corrected chi connectivity index (χ1v) is 10.6. The van der Waals surface area contributed by atoms with Crippen LogP contribution in [0.3, 0.4) is 0 Å². The SMILES string of the molecule is COC(=O)C1=C(C)N=c2s/c(=C/c3ccc([N+](=O)[O-])cc3)c(=O)n2[C@H]1c1ccccc1Cl. The number of hydrogen-bond acceptors (Lipinski definition) is 7. The van der Waals surface area contributed by atoms with Crippen molar-refractivity contribution in [3.8, 4) is 0 Å². The maximum Gasteiger partial charge on any atom is 0.338 e. The van der Waals surface area contributed by atoms with Crippen molar-refractivity contribution >= 4 is 40.7 Å². The summed E-state index contributed by atoms with van der Waals surface area (Å²) in [5, 5.41) is 11.3. The molecule has 0 N–H and O–H groups in total. The average Bonchev–Trinajstić information content (AvgIpc) is 3.07. The fraction of sp³-hybridized carbons (Fsp3) is 0.136. The molecule has 0 fully saturated rings. The number of benzene rings is 2. The number of ether oxygens (including phenoxy) is 1. The predicted molar refractivity (Wildman–Crippen MR) is 120 cm³/mol. The number of nitro groups is 1. The van der Waals surface area contributed by atoms with Gasteiger partial charge in [-0.3, -0.25) is 19.5 Å². The van der Waals surface area contributed by atoms with E-state index in [9.17, 15) is 19.7 Å². The molecule has 0 unspecified atom stereocenters. The van der Waals surface area contributed by atoms with Gasteiger partial charge in [-0.2, -0.15) is 0 Å². The molecule has 4 rings (SSSR count). The molecule has 0 radical (unpaired) electrons. The zero-order chi connectivity index (χ0) is 23.0. The summed E-state index contributed by atoms with van der Waals surface area (Å²) in [5.41, 5.74) is 1.47. The van der Waals surface area contributed by atoms with Gasteiger partial charge in [0.05, 0.1) is 27.8 Å². The van der Waals surface area contributed by atoms with E-state index in [-0.39, 0.29) is 16.8 Å². The number of halogens is 1. The molecule has 0 aliphatic carbocycles. The smallest absolute Gasteiger partial charge is 0.338 e. The molecule has 32 heavy (non-hydrogen) atoms. The van der Waals surface area contributed by atoms with Crippen molar-refractivity contribution in [3.63, 3.8) is 0 Å². The maximum absolute atomic E-state index is 13.4. The number of thiazole rings is 1. The number of aromatic nitrogens is 1. The molecule has 0 saturated heterocycles. The quantitative estimate of drug-likeness (QED) is 0.332. The third-order valence-electron chi connectivity index (χ3n) is 5.03. The van der Waals surface area contributed by atoms with E-state index in [1.165, 1.54) is 23.8 Å². The van der Waals surface area contributed by atoms with E-state index in [0.717, 1.165) is 11.3 Å². The fourth-order valence-electron chi connectivity index (χ4n) is 3.53. The van der Waals surface area contributed by atoms with Gasteiger partial charge in [0, 0.05) is 17.2 Å². The standard InChI is InChI=1S/C22H16ClN3O5S/c1-12-18(21(28)31-2)19(15-5-3-4-6-16(15)23)25-20(27)17(32-22(25)24-12)11-13-7-9-14(10-8-13)26(29)30/h3-11,19H,1-2H3/b17-11+/t19-/m0/s1. The van der Waals surface area contributed by atoms with Crippen molar-refractivity contribution in [1.29, 1.82) is 0 Å². The number of esters is 1. The van der Waals surface area contributed by atoms with Crippen LogP contribution in [0.5, 0.6) is 0 Å². The molecule has 10 heteroatoms. The Bertz CT molecular complexity index is 1450. The van der Waals surface area contributed by atoms with Crippen molar-refractivity contribution in [2.45, 2.75) is 13.0 Å².